The molecule has 1 aromatic heterocycles. The van der Waals surface area contributed by atoms with Crippen LogP contribution in [0.25, 0.3) is 0 Å². The Hall–Kier alpha value is -3.09. The Bertz CT molecular complexity index is 819. The first-order chi connectivity index (χ1) is 13.5. The monoisotopic (exact) mass is 384 g/mol. The molecule has 148 valence electrons. The van der Waals surface area contributed by atoms with E-state index in [-0.39, 0.29) is 36.3 Å². The normalized spacial score (nSPS) is 19.1. The highest BCUT2D eigenvalue weighted by atomic mass is 16.5. The van der Waals surface area contributed by atoms with Gasteiger partial charge in [0.25, 0.3) is 11.8 Å². The second kappa shape index (κ2) is 8.73. The van der Waals surface area contributed by atoms with Crippen molar-refractivity contribution >= 4 is 23.5 Å². The third-order valence-corrected chi connectivity index (χ3v) is 4.93. The number of hydrogen-bond donors (Lipinski definition) is 1. The van der Waals surface area contributed by atoms with Gasteiger partial charge in [-0.15, -0.1) is 0 Å². The third-order valence-electron chi connectivity index (χ3n) is 4.93. The number of furan rings is 1. The zero-order chi connectivity index (χ0) is 20.1. The Labute approximate surface area is 163 Å². The van der Waals surface area contributed by atoms with Gasteiger partial charge in [-0.1, -0.05) is 0 Å². The van der Waals surface area contributed by atoms with Gasteiger partial charge in [-0.05, 0) is 69.5 Å². The van der Waals surface area contributed by atoms with E-state index in [0.29, 0.717) is 11.3 Å². The number of esters is 1. The number of likely N-dealkylation sites (tertiary alicyclic amines) is 1. The van der Waals surface area contributed by atoms with Crippen molar-refractivity contribution in [3.63, 3.8) is 0 Å². The van der Waals surface area contributed by atoms with Gasteiger partial charge >= 0.3 is 5.97 Å². The summed E-state index contributed by atoms with van der Waals surface area (Å²) in [5.41, 5.74) is 0.827. The smallest absolute Gasteiger partial charge is 0.338 e. The molecule has 28 heavy (non-hydrogen) atoms. The molecule has 2 aromatic rings. The van der Waals surface area contributed by atoms with Gasteiger partial charge in [0.1, 0.15) is 0 Å². The molecule has 0 bridgehead atoms. The van der Waals surface area contributed by atoms with Gasteiger partial charge in [0.15, 0.2) is 12.4 Å². The Morgan fingerprint density at radius 3 is 2.39 bits per heavy atom. The summed E-state index contributed by atoms with van der Waals surface area (Å²) >= 11 is 0. The minimum Gasteiger partial charge on any atom is -0.459 e. The van der Waals surface area contributed by atoms with Crippen molar-refractivity contribution < 1.29 is 23.5 Å². The Morgan fingerprint density at radius 1 is 1.11 bits per heavy atom. The molecule has 1 aliphatic rings. The first-order valence-electron chi connectivity index (χ1n) is 9.39. The molecule has 1 fully saturated rings. The van der Waals surface area contributed by atoms with Gasteiger partial charge in [-0.3, -0.25) is 9.59 Å². The number of hydrogen-bond acceptors (Lipinski definition) is 5. The second-order valence-electron chi connectivity index (χ2n) is 7.01. The standard InChI is InChI=1S/C21H24N2O5/c1-14-5-3-6-15(2)23(14)19(24)13-28-21(26)16-8-10-17(11-9-16)22-20(25)18-7-4-12-27-18/h4,7-12,14-15H,3,5-6,13H2,1-2H3,(H,22,25)/t14-,15+. The predicted octanol–water partition coefficient (Wildman–Crippen LogP) is 3.48. The third kappa shape index (κ3) is 4.60. The van der Waals surface area contributed by atoms with Crippen molar-refractivity contribution in [2.24, 2.45) is 0 Å². The van der Waals surface area contributed by atoms with Gasteiger partial charge in [0, 0.05) is 17.8 Å². The maximum Gasteiger partial charge on any atom is 0.338 e. The van der Waals surface area contributed by atoms with Crippen LogP contribution in [0.5, 0.6) is 0 Å². The number of rotatable bonds is 5. The summed E-state index contributed by atoms with van der Waals surface area (Å²) in [6.07, 6.45) is 4.46. The molecule has 7 nitrogen and oxygen atoms in total. The van der Waals surface area contributed by atoms with Crippen molar-refractivity contribution in [2.45, 2.75) is 45.2 Å². The van der Waals surface area contributed by atoms with Crippen molar-refractivity contribution in [3.8, 4) is 0 Å². The lowest BCUT2D eigenvalue weighted by atomic mass is 9.97. The van der Waals surface area contributed by atoms with Crippen LogP contribution in [0, 0.1) is 0 Å². The van der Waals surface area contributed by atoms with Crippen LogP contribution in [-0.4, -0.2) is 41.4 Å². The van der Waals surface area contributed by atoms with Gasteiger partial charge < -0.3 is 19.4 Å². The number of nitrogens with zero attached hydrogens (tertiary/aromatic N) is 1. The summed E-state index contributed by atoms with van der Waals surface area (Å²) in [4.78, 5) is 38.4. The van der Waals surface area contributed by atoms with Crippen molar-refractivity contribution in [1.82, 2.24) is 4.90 Å². The molecule has 0 aliphatic carbocycles. The van der Waals surface area contributed by atoms with E-state index in [0.717, 1.165) is 19.3 Å². The zero-order valence-corrected chi connectivity index (χ0v) is 16.0. The SMILES string of the molecule is C[C@@H]1CCC[C@H](C)N1C(=O)COC(=O)c1ccc(NC(=O)c2ccco2)cc1. The molecule has 1 N–H and O–H groups in total. The largest absolute Gasteiger partial charge is 0.459 e. The summed E-state index contributed by atoms with van der Waals surface area (Å²) < 4.78 is 10.2. The number of carbonyl (C=O) groups is 3. The van der Waals surface area contributed by atoms with Crippen LogP contribution in [0.2, 0.25) is 0 Å². The molecule has 0 unspecified atom stereocenters. The maximum atomic E-state index is 12.4. The van der Waals surface area contributed by atoms with E-state index in [1.165, 1.54) is 18.4 Å². The Kier molecular flexibility index (Phi) is 6.13. The van der Waals surface area contributed by atoms with Crippen LogP contribution in [0.15, 0.2) is 47.1 Å². The van der Waals surface area contributed by atoms with E-state index in [4.69, 9.17) is 9.15 Å². The summed E-state index contributed by atoms with van der Waals surface area (Å²) in [7, 11) is 0. The minimum atomic E-state index is -0.574. The Balaban J connectivity index is 1.53. The van der Waals surface area contributed by atoms with Crippen LogP contribution < -0.4 is 5.32 Å². The van der Waals surface area contributed by atoms with Crippen molar-refractivity contribution in [3.05, 3.63) is 54.0 Å². The molecule has 2 heterocycles. The number of ether oxygens (including phenoxy) is 1. The first-order valence-corrected chi connectivity index (χ1v) is 9.39. The molecule has 7 heteroatoms. The number of piperidine rings is 1. The average Bonchev–Trinajstić information content (AvgIpc) is 3.21. The highest BCUT2D eigenvalue weighted by Crippen LogP contribution is 2.22. The van der Waals surface area contributed by atoms with Gasteiger partial charge in [0.05, 0.1) is 11.8 Å². The molecule has 1 aliphatic heterocycles. The van der Waals surface area contributed by atoms with Gasteiger partial charge in [0.2, 0.25) is 0 Å². The Morgan fingerprint density at radius 2 is 1.79 bits per heavy atom. The molecule has 0 saturated carbocycles. The maximum absolute atomic E-state index is 12.4. The number of amides is 2. The summed E-state index contributed by atoms with van der Waals surface area (Å²) in [6, 6.07) is 9.76. The summed E-state index contributed by atoms with van der Waals surface area (Å²) in [6.45, 7) is 3.76. The highest BCUT2D eigenvalue weighted by Gasteiger charge is 2.29. The lowest BCUT2D eigenvalue weighted by Gasteiger charge is -2.38. The molecule has 0 radical (unpaired) electrons. The number of carbonyl (C=O) groups excluding carboxylic acids is 3. The van der Waals surface area contributed by atoms with Crippen LogP contribution in [-0.2, 0) is 9.53 Å². The first kappa shape index (κ1) is 19.7. The van der Waals surface area contributed by atoms with E-state index in [9.17, 15) is 14.4 Å². The zero-order valence-electron chi connectivity index (χ0n) is 16.0. The summed E-state index contributed by atoms with van der Waals surface area (Å²) in [5, 5.41) is 2.67. The molecule has 1 saturated heterocycles. The molecular weight excluding hydrogens is 360 g/mol. The predicted molar refractivity (Wildman–Crippen MR) is 103 cm³/mol. The van der Waals surface area contributed by atoms with Crippen LogP contribution in [0.4, 0.5) is 5.69 Å². The second-order valence-corrected chi connectivity index (χ2v) is 7.01. The summed E-state index contributed by atoms with van der Waals surface area (Å²) in [5.74, 6) is -0.927. The molecule has 1 aromatic carbocycles. The van der Waals surface area contributed by atoms with Crippen LogP contribution >= 0.6 is 0 Å². The fraction of sp³-hybridized carbons (Fsp3) is 0.381. The quantitative estimate of drug-likeness (QED) is 0.797. The highest BCUT2D eigenvalue weighted by molar-refractivity contribution is 6.02. The average molecular weight is 384 g/mol. The van der Waals surface area contributed by atoms with E-state index in [1.54, 1.807) is 24.3 Å². The van der Waals surface area contributed by atoms with Crippen molar-refractivity contribution in [2.75, 3.05) is 11.9 Å². The molecular formula is C21H24N2O5. The topological polar surface area (TPSA) is 88.9 Å². The fourth-order valence-corrected chi connectivity index (χ4v) is 3.49. The van der Waals surface area contributed by atoms with E-state index in [1.807, 2.05) is 18.7 Å². The molecule has 0 spiro atoms. The molecule has 2 amide bonds. The van der Waals surface area contributed by atoms with E-state index < -0.39 is 5.97 Å². The van der Waals surface area contributed by atoms with Crippen LogP contribution in [0.3, 0.4) is 0 Å². The van der Waals surface area contributed by atoms with Gasteiger partial charge in [-0.25, -0.2) is 4.79 Å². The van der Waals surface area contributed by atoms with E-state index >= 15 is 0 Å². The number of anilines is 1. The molecule has 3 rings (SSSR count). The van der Waals surface area contributed by atoms with E-state index in [2.05, 4.69) is 5.32 Å². The number of nitrogens with one attached hydrogen (secondary N) is 1. The lowest BCUT2D eigenvalue weighted by molar-refractivity contribution is -0.140. The van der Waals surface area contributed by atoms with Gasteiger partial charge in [-0.2, -0.15) is 0 Å². The number of benzene rings is 1. The lowest BCUT2D eigenvalue weighted by Crippen LogP contribution is -2.49. The van der Waals surface area contributed by atoms with Crippen LogP contribution in [0.1, 0.15) is 54.0 Å². The fourth-order valence-electron chi connectivity index (χ4n) is 3.49. The molecule has 2 atom stereocenters. The van der Waals surface area contributed by atoms with Crippen molar-refractivity contribution in [1.29, 1.82) is 0 Å². The minimum absolute atomic E-state index is 0.159.